The summed E-state index contributed by atoms with van der Waals surface area (Å²) in [4.78, 5) is 31.9. The van der Waals surface area contributed by atoms with Crippen molar-refractivity contribution in [3.05, 3.63) is 99.9 Å². The second-order valence-electron chi connectivity index (χ2n) is 7.30. The molecule has 33 heavy (non-hydrogen) atoms. The summed E-state index contributed by atoms with van der Waals surface area (Å²) in [6.07, 6.45) is 0.548. The third-order valence-corrected chi connectivity index (χ3v) is 5.06. The molecule has 4 aromatic rings. The number of benzene rings is 3. The Kier molecular flexibility index (Phi) is 6.64. The van der Waals surface area contributed by atoms with Crippen LogP contribution in [0.2, 0.25) is 0 Å². The summed E-state index contributed by atoms with van der Waals surface area (Å²) in [5.74, 6) is -0.913. The summed E-state index contributed by atoms with van der Waals surface area (Å²) >= 11 is 0. The number of amides is 1. The maximum absolute atomic E-state index is 14.5. The molecule has 0 bridgehead atoms. The van der Waals surface area contributed by atoms with Gasteiger partial charge >= 0.3 is 0 Å². The van der Waals surface area contributed by atoms with Crippen molar-refractivity contribution < 1.29 is 18.7 Å². The van der Waals surface area contributed by atoms with Crippen LogP contribution in [0.5, 0.6) is 11.5 Å². The highest BCUT2D eigenvalue weighted by Crippen LogP contribution is 2.25. The van der Waals surface area contributed by atoms with Crippen molar-refractivity contribution in [2.75, 3.05) is 13.7 Å². The lowest BCUT2D eigenvalue weighted by Gasteiger charge is -2.11. The van der Waals surface area contributed by atoms with Crippen molar-refractivity contribution >= 4 is 16.8 Å². The minimum Gasteiger partial charge on any atom is -0.497 e. The van der Waals surface area contributed by atoms with E-state index in [0.717, 1.165) is 11.1 Å². The van der Waals surface area contributed by atoms with Gasteiger partial charge in [0.05, 0.1) is 19.2 Å². The van der Waals surface area contributed by atoms with Gasteiger partial charge in [-0.25, -0.2) is 9.37 Å². The molecule has 3 aromatic carbocycles. The van der Waals surface area contributed by atoms with Crippen molar-refractivity contribution in [1.29, 1.82) is 0 Å². The van der Waals surface area contributed by atoms with Crippen LogP contribution in [0.3, 0.4) is 0 Å². The van der Waals surface area contributed by atoms with Gasteiger partial charge in [0.15, 0.2) is 17.4 Å². The van der Waals surface area contributed by atoms with Crippen LogP contribution >= 0.6 is 0 Å². The molecule has 2 N–H and O–H groups in total. The van der Waals surface area contributed by atoms with Gasteiger partial charge < -0.3 is 19.8 Å². The number of hydrogen-bond donors (Lipinski definition) is 2. The normalized spacial score (nSPS) is 10.7. The summed E-state index contributed by atoms with van der Waals surface area (Å²) in [7, 11) is 1.56. The molecule has 168 valence electrons. The third kappa shape index (κ3) is 5.17. The van der Waals surface area contributed by atoms with E-state index >= 15 is 0 Å². The van der Waals surface area contributed by atoms with Crippen LogP contribution in [-0.4, -0.2) is 29.6 Å². The smallest absolute Gasteiger partial charge is 0.287 e. The summed E-state index contributed by atoms with van der Waals surface area (Å²) in [6.45, 7) is 0.400. The number of fused-ring (bicyclic) bond motifs is 1. The van der Waals surface area contributed by atoms with Crippen molar-refractivity contribution in [2.24, 2.45) is 0 Å². The highest BCUT2D eigenvalue weighted by Gasteiger charge is 2.17. The average Bonchev–Trinajstić information content (AvgIpc) is 2.84. The van der Waals surface area contributed by atoms with E-state index in [2.05, 4.69) is 15.3 Å². The van der Waals surface area contributed by atoms with Crippen LogP contribution < -0.4 is 20.3 Å². The lowest BCUT2D eigenvalue weighted by atomic mass is 10.1. The van der Waals surface area contributed by atoms with Crippen molar-refractivity contribution in [3.63, 3.8) is 0 Å². The molecule has 1 amide bonds. The SMILES string of the molecule is COc1cccc(CNC(=O)c2nc3ccc(F)c(OCCc4ccccc4)c3c(=O)[nH]2)c1. The van der Waals surface area contributed by atoms with Crippen LogP contribution in [0.1, 0.15) is 21.7 Å². The minimum absolute atomic E-state index is 0.0348. The van der Waals surface area contributed by atoms with E-state index in [1.54, 1.807) is 19.2 Å². The average molecular weight is 447 g/mol. The van der Waals surface area contributed by atoms with Crippen LogP contribution in [0.25, 0.3) is 10.9 Å². The van der Waals surface area contributed by atoms with Gasteiger partial charge in [-0.2, -0.15) is 0 Å². The van der Waals surface area contributed by atoms with Gasteiger partial charge in [-0.05, 0) is 35.4 Å². The Hall–Kier alpha value is -4.20. The number of aromatic amines is 1. The van der Waals surface area contributed by atoms with Gasteiger partial charge in [-0.1, -0.05) is 42.5 Å². The molecule has 0 radical (unpaired) electrons. The van der Waals surface area contributed by atoms with Crippen molar-refractivity contribution in [2.45, 2.75) is 13.0 Å². The fourth-order valence-electron chi connectivity index (χ4n) is 3.39. The molecule has 1 heterocycles. The Morgan fingerprint density at radius 3 is 2.64 bits per heavy atom. The van der Waals surface area contributed by atoms with E-state index in [1.807, 2.05) is 42.5 Å². The Morgan fingerprint density at radius 2 is 1.85 bits per heavy atom. The molecular formula is C25H22FN3O4. The number of carbonyl (C=O) groups excluding carboxylic acids is 1. The number of aromatic nitrogens is 2. The molecule has 1 aromatic heterocycles. The molecule has 0 unspecified atom stereocenters. The molecule has 0 aliphatic rings. The van der Waals surface area contributed by atoms with Gasteiger partial charge in [0.2, 0.25) is 0 Å². The lowest BCUT2D eigenvalue weighted by molar-refractivity contribution is 0.0940. The number of carbonyl (C=O) groups is 1. The predicted molar refractivity (Wildman–Crippen MR) is 122 cm³/mol. The maximum atomic E-state index is 14.5. The van der Waals surface area contributed by atoms with E-state index in [0.29, 0.717) is 12.2 Å². The van der Waals surface area contributed by atoms with Gasteiger partial charge in [0.1, 0.15) is 11.1 Å². The largest absolute Gasteiger partial charge is 0.497 e. The standard InChI is InChI=1S/C25H22FN3O4/c1-32-18-9-5-8-17(14-18)15-27-25(31)23-28-20-11-10-19(26)22(21(20)24(30)29-23)33-13-12-16-6-3-2-4-7-16/h2-11,14H,12-13,15H2,1H3,(H,27,31)(H,28,29,30). The van der Waals surface area contributed by atoms with E-state index < -0.39 is 17.3 Å². The first kappa shape index (κ1) is 22.0. The lowest BCUT2D eigenvalue weighted by Crippen LogP contribution is -2.27. The fourth-order valence-corrected chi connectivity index (χ4v) is 3.39. The number of halogens is 1. The summed E-state index contributed by atoms with van der Waals surface area (Å²) < 4.78 is 25.2. The molecule has 0 aliphatic heterocycles. The number of hydrogen-bond acceptors (Lipinski definition) is 5. The molecule has 0 atom stereocenters. The minimum atomic E-state index is -0.668. The third-order valence-electron chi connectivity index (χ3n) is 5.06. The number of nitrogens with zero attached hydrogens (tertiary/aromatic N) is 1. The molecule has 0 saturated carbocycles. The van der Waals surface area contributed by atoms with E-state index in [4.69, 9.17) is 9.47 Å². The van der Waals surface area contributed by atoms with Crippen LogP contribution in [-0.2, 0) is 13.0 Å². The van der Waals surface area contributed by atoms with Crippen molar-refractivity contribution in [1.82, 2.24) is 15.3 Å². The Labute approximate surface area is 189 Å². The quantitative estimate of drug-likeness (QED) is 0.430. The first-order chi connectivity index (χ1) is 16.0. The highest BCUT2D eigenvalue weighted by molar-refractivity contribution is 5.93. The topological polar surface area (TPSA) is 93.3 Å². The number of methoxy groups -OCH3 is 1. The summed E-state index contributed by atoms with van der Waals surface area (Å²) in [5.41, 5.74) is 1.37. The first-order valence-corrected chi connectivity index (χ1v) is 10.4. The Balaban J connectivity index is 1.52. The van der Waals surface area contributed by atoms with Gasteiger partial charge in [-0.15, -0.1) is 0 Å². The number of nitrogens with one attached hydrogen (secondary N) is 2. The monoisotopic (exact) mass is 447 g/mol. The Bertz CT molecular complexity index is 1340. The molecular weight excluding hydrogens is 425 g/mol. The van der Waals surface area contributed by atoms with Gasteiger partial charge in [0, 0.05) is 13.0 Å². The number of H-pyrrole nitrogens is 1. The van der Waals surface area contributed by atoms with Gasteiger partial charge in [0.25, 0.3) is 11.5 Å². The molecule has 0 fully saturated rings. The van der Waals surface area contributed by atoms with Crippen LogP contribution in [0.4, 0.5) is 4.39 Å². The molecule has 0 spiro atoms. The molecule has 8 heteroatoms. The van der Waals surface area contributed by atoms with Crippen molar-refractivity contribution in [3.8, 4) is 11.5 Å². The summed E-state index contributed by atoms with van der Waals surface area (Å²) in [5, 5.41) is 2.67. The van der Waals surface area contributed by atoms with Gasteiger partial charge in [-0.3, -0.25) is 9.59 Å². The number of ether oxygens (including phenoxy) is 2. The highest BCUT2D eigenvalue weighted by atomic mass is 19.1. The number of rotatable bonds is 8. The first-order valence-electron chi connectivity index (χ1n) is 10.4. The molecule has 4 rings (SSSR count). The summed E-state index contributed by atoms with van der Waals surface area (Å²) in [6, 6.07) is 19.3. The zero-order valence-electron chi connectivity index (χ0n) is 17.9. The van der Waals surface area contributed by atoms with E-state index in [1.165, 1.54) is 12.1 Å². The predicted octanol–water partition coefficient (Wildman–Crippen LogP) is 3.62. The maximum Gasteiger partial charge on any atom is 0.287 e. The second-order valence-corrected chi connectivity index (χ2v) is 7.30. The Morgan fingerprint density at radius 1 is 1.06 bits per heavy atom. The van der Waals surface area contributed by atoms with E-state index in [9.17, 15) is 14.0 Å². The zero-order chi connectivity index (χ0) is 23.2. The van der Waals surface area contributed by atoms with E-state index in [-0.39, 0.29) is 35.6 Å². The molecule has 0 aliphatic carbocycles. The fraction of sp³-hybridized carbons (Fsp3) is 0.160. The molecule has 7 nitrogen and oxygen atoms in total. The van der Waals surface area contributed by atoms with Crippen LogP contribution in [0.15, 0.2) is 71.5 Å². The molecule has 0 saturated heterocycles. The second kappa shape index (κ2) is 9.95. The zero-order valence-corrected chi connectivity index (χ0v) is 17.9. The van der Waals surface area contributed by atoms with Crippen LogP contribution in [0, 0.1) is 5.82 Å².